The predicted octanol–water partition coefficient (Wildman–Crippen LogP) is 1.76. The van der Waals surface area contributed by atoms with Crippen molar-refractivity contribution in [3.05, 3.63) is 39.4 Å². The van der Waals surface area contributed by atoms with Crippen molar-refractivity contribution < 1.29 is 19.2 Å². The van der Waals surface area contributed by atoms with Crippen molar-refractivity contribution in [3.63, 3.8) is 0 Å². The van der Waals surface area contributed by atoms with E-state index >= 15 is 0 Å². The molecule has 0 saturated heterocycles. The van der Waals surface area contributed by atoms with E-state index in [0.717, 1.165) is 7.11 Å². The van der Waals surface area contributed by atoms with E-state index in [1.807, 2.05) is 0 Å². The molecule has 0 unspecified atom stereocenters. The van der Waals surface area contributed by atoms with Gasteiger partial charge in [0.25, 0.3) is 10.9 Å². The minimum absolute atomic E-state index is 0.306. The van der Waals surface area contributed by atoms with Crippen LogP contribution < -0.4 is 0 Å². The number of halogens is 1. The summed E-state index contributed by atoms with van der Waals surface area (Å²) in [5, 5.41) is 9.75. The molecular weight excluding hydrogens is 238 g/mol. The van der Waals surface area contributed by atoms with Crippen LogP contribution in [0.2, 0.25) is 0 Å². The number of nitro groups is 1. The maximum Gasteiger partial charge on any atom is 0.344 e. The summed E-state index contributed by atoms with van der Waals surface area (Å²) in [7, 11) is 1.08. The first-order valence-corrected chi connectivity index (χ1v) is 4.42. The van der Waals surface area contributed by atoms with Gasteiger partial charge >= 0.3 is 5.97 Å². The monoisotopic (exact) mass is 243 g/mol. The Morgan fingerprint density at radius 3 is 2.38 bits per heavy atom. The van der Waals surface area contributed by atoms with E-state index in [1.165, 1.54) is 18.2 Å². The van der Waals surface area contributed by atoms with Crippen LogP contribution in [0.3, 0.4) is 0 Å². The number of methoxy groups -OCH3 is 1. The van der Waals surface area contributed by atoms with Gasteiger partial charge in [-0.2, -0.15) is 0 Å². The highest BCUT2D eigenvalue weighted by Gasteiger charge is 2.27. The van der Waals surface area contributed by atoms with Crippen LogP contribution in [0.25, 0.3) is 0 Å². The number of nitrogens with zero attached hydrogens (tertiary/aromatic N) is 1. The second-order valence-electron chi connectivity index (χ2n) is 2.72. The van der Waals surface area contributed by atoms with Crippen LogP contribution in [0.5, 0.6) is 0 Å². The Bertz CT molecular complexity index is 471. The maximum atomic E-state index is 11.2. The fourth-order valence-corrected chi connectivity index (χ4v) is 1.33. The third-order valence-corrected chi connectivity index (χ3v) is 2.04. The van der Waals surface area contributed by atoms with Gasteiger partial charge in [-0.1, -0.05) is 6.07 Å². The second-order valence-corrected chi connectivity index (χ2v) is 3.07. The molecule has 84 valence electrons. The summed E-state index contributed by atoms with van der Waals surface area (Å²) >= 11 is 5.18. The highest BCUT2D eigenvalue weighted by Crippen LogP contribution is 2.25. The summed E-state index contributed by atoms with van der Waals surface area (Å²) in [6.45, 7) is 0. The second kappa shape index (κ2) is 4.71. The largest absolute Gasteiger partial charge is 0.465 e. The quantitative estimate of drug-likeness (QED) is 0.349. The van der Waals surface area contributed by atoms with E-state index < -0.39 is 21.8 Å². The van der Waals surface area contributed by atoms with Gasteiger partial charge in [0, 0.05) is 0 Å². The van der Waals surface area contributed by atoms with Crippen LogP contribution in [0.15, 0.2) is 18.2 Å². The zero-order valence-electron chi connectivity index (χ0n) is 8.10. The molecule has 0 saturated carbocycles. The lowest BCUT2D eigenvalue weighted by atomic mass is 10.1. The predicted molar refractivity (Wildman–Crippen MR) is 54.6 cm³/mol. The van der Waals surface area contributed by atoms with Crippen LogP contribution in [0, 0.1) is 10.1 Å². The van der Waals surface area contributed by atoms with Crippen LogP contribution in [-0.2, 0) is 4.74 Å². The molecular formula is C9H6ClNO5. The number of hydrogen-bond acceptors (Lipinski definition) is 5. The summed E-state index contributed by atoms with van der Waals surface area (Å²) in [5.74, 6) is -0.897. The van der Waals surface area contributed by atoms with E-state index in [0.29, 0.717) is 0 Å². The van der Waals surface area contributed by atoms with E-state index in [1.54, 1.807) is 0 Å². The number of esters is 1. The molecule has 7 heteroatoms. The van der Waals surface area contributed by atoms with Crippen LogP contribution in [0.1, 0.15) is 20.7 Å². The molecule has 0 aliphatic carbocycles. The Kier molecular flexibility index (Phi) is 3.57. The van der Waals surface area contributed by atoms with Crippen molar-refractivity contribution >= 4 is 28.5 Å². The molecule has 1 rings (SSSR count). The van der Waals surface area contributed by atoms with E-state index in [9.17, 15) is 19.7 Å². The fraction of sp³-hybridized carbons (Fsp3) is 0.111. The first-order chi connectivity index (χ1) is 7.49. The molecule has 0 aromatic heterocycles. The van der Waals surface area contributed by atoms with E-state index in [-0.39, 0.29) is 11.1 Å². The van der Waals surface area contributed by atoms with Gasteiger partial charge in [-0.05, 0) is 23.7 Å². The lowest BCUT2D eigenvalue weighted by Gasteiger charge is -2.03. The van der Waals surface area contributed by atoms with Gasteiger partial charge in [0.15, 0.2) is 0 Å². The molecule has 0 fully saturated rings. The Morgan fingerprint density at radius 2 is 1.94 bits per heavy atom. The maximum absolute atomic E-state index is 11.2. The van der Waals surface area contributed by atoms with E-state index in [2.05, 4.69) is 4.74 Å². The van der Waals surface area contributed by atoms with Crippen molar-refractivity contribution in [2.45, 2.75) is 0 Å². The zero-order chi connectivity index (χ0) is 12.3. The SMILES string of the molecule is COC(=O)c1cccc(C(=O)Cl)c1[N+](=O)[O-]. The van der Waals surface area contributed by atoms with Crippen LogP contribution >= 0.6 is 11.6 Å². The van der Waals surface area contributed by atoms with E-state index in [4.69, 9.17) is 11.6 Å². The molecule has 0 N–H and O–H groups in total. The Hall–Kier alpha value is -1.95. The van der Waals surface area contributed by atoms with Gasteiger partial charge in [-0.15, -0.1) is 0 Å². The first-order valence-electron chi connectivity index (χ1n) is 4.04. The lowest BCUT2D eigenvalue weighted by Crippen LogP contribution is -2.09. The molecule has 16 heavy (non-hydrogen) atoms. The average Bonchev–Trinajstić information content (AvgIpc) is 2.26. The molecule has 0 amide bonds. The number of carbonyl (C=O) groups excluding carboxylic acids is 2. The summed E-state index contributed by atoms with van der Waals surface area (Å²) in [5.41, 5.74) is -1.29. The molecule has 0 radical (unpaired) electrons. The molecule has 6 nitrogen and oxygen atoms in total. The van der Waals surface area contributed by atoms with Crippen molar-refractivity contribution in [3.8, 4) is 0 Å². The third-order valence-electron chi connectivity index (χ3n) is 1.84. The van der Waals surface area contributed by atoms with Gasteiger partial charge in [-0.25, -0.2) is 4.79 Å². The Labute approximate surface area is 94.9 Å². The van der Waals surface area contributed by atoms with Gasteiger partial charge in [0.2, 0.25) is 0 Å². The average molecular weight is 244 g/mol. The number of ether oxygens (including phenoxy) is 1. The Morgan fingerprint density at radius 1 is 1.38 bits per heavy atom. The summed E-state index contributed by atoms with van der Waals surface area (Å²) < 4.78 is 4.36. The number of benzene rings is 1. The van der Waals surface area contributed by atoms with Gasteiger partial charge in [-0.3, -0.25) is 14.9 Å². The highest BCUT2D eigenvalue weighted by atomic mass is 35.5. The minimum Gasteiger partial charge on any atom is -0.465 e. The standard InChI is InChI=1S/C9H6ClNO5/c1-16-9(13)6-4-2-3-5(8(10)12)7(6)11(14)15/h2-4H,1H3. The van der Waals surface area contributed by atoms with Gasteiger partial charge in [0.1, 0.15) is 11.1 Å². The molecule has 0 spiro atoms. The fourth-order valence-electron chi connectivity index (χ4n) is 1.17. The molecule has 0 aliphatic heterocycles. The molecule has 0 bridgehead atoms. The summed E-state index contributed by atoms with van der Waals surface area (Å²) in [6.07, 6.45) is 0. The minimum atomic E-state index is -1.00. The summed E-state index contributed by atoms with van der Waals surface area (Å²) in [4.78, 5) is 32.1. The molecule has 0 aliphatic rings. The van der Waals surface area contributed by atoms with Crippen molar-refractivity contribution in [2.24, 2.45) is 0 Å². The normalized spacial score (nSPS) is 9.62. The first kappa shape index (κ1) is 12.1. The number of para-hydroxylation sites is 1. The molecule has 1 aromatic carbocycles. The van der Waals surface area contributed by atoms with Gasteiger partial charge < -0.3 is 4.74 Å². The Balaban J connectivity index is 3.51. The zero-order valence-corrected chi connectivity index (χ0v) is 8.85. The molecule has 0 atom stereocenters. The number of carbonyl (C=O) groups is 2. The smallest absolute Gasteiger partial charge is 0.344 e. The molecule has 0 heterocycles. The van der Waals surface area contributed by atoms with Crippen LogP contribution in [-0.4, -0.2) is 23.2 Å². The third kappa shape index (κ3) is 2.17. The number of hydrogen-bond donors (Lipinski definition) is 0. The van der Waals surface area contributed by atoms with Crippen molar-refractivity contribution in [1.82, 2.24) is 0 Å². The van der Waals surface area contributed by atoms with Crippen LogP contribution in [0.4, 0.5) is 5.69 Å². The lowest BCUT2D eigenvalue weighted by molar-refractivity contribution is -0.385. The molecule has 1 aromatic rings. The van der Waals surface area contributed by atoms with Crippen molar-refractivity contribution in [1.29, 1.82) is 0 Å². The number of nitro benzene ring substituents is 1. The van der Waals surface area contributed by atoms with Gasteiger partial charge in [0.05, 0.1) is 12.0 Å². The van der Waals surface area contributed by atoms with Crippen molar-refractivity contribution in [2.75, 3.05) is 7.11 Å². The highest BCUT2D eigenvalue weighted by molar-refractivity contribution is 6.68. The number of rotatable bonds is 3. The summed E-state index contributed by atoms with van der Waals surface area (Å²) in [6, 6.07) is 3.67. The topological polar surface area (TPSA) is 86.5 Å².